The molecule has 0 spiro atoms. The van der Waals surface area contributed by atoms with Gasteiger partial charge >= 0.3 is 0 Å². The summed E-state index contributed by atoms with van der Waals surface area (Å²) >= 11 is 1.54. The van der Waals surface area contributed by atoms with Crippen molar-refractivity contribution in [2.24, 2.45) is 0 Å². The molecule has 3 rings (SSSR count). The van der Waals surface area contributed by atoms with Crippen LogP contribution in [0.1, 0.15) is 37.0 Å². The van der Waals surface area contributed by atoms with E-state index >= 15 is 0 Å². The van der Waals surface area contributed by atoms with E-state index in [1.54, 1.807) is 31.3 Å². The summed E-state index contributed by atoms with van der Waals surface area (Å²) < 4.78 is 27.1. The number of thiophene rings is 1. The second kappa shape index (κ2) is 8.33. The summed E-state index contributed by atoms with van der Waals surface area (Å²) in [6, 6.07) is 10.3. The van der Waals surface area contributed by atoms with Crippen LogP contribution >= 0.6 is 11.3 Å². The SMILES string of the molecule is CN(C1CCCCC1)S(=O)(=O)c1ccc(NC(=O)Cc2cccs2)cc1. The van der Waals surface area contributed by atoms with Crippen molar-refractivity contribution in [3.8, 4) is 0 Å². The first-order valence-corrected chi connectivity index (χ1v) is 11.2. The number of amides is 1. The molecule has 2 aromatic rings. The Morgan fingerprint density at radius 2 is 1.85 bits per heavy atom. The van der Waals surface area contributed by atoms with Crippen LogP contribution in [0.5, 0.6) is 0 Å². The van der Waals surface area contributed by atoms with Crippen LogP contribution in [0.15, 0.2) is 46.7 Å². The van der Waals surface area contributed by atoms with Crippen molar-refractivity contribution in [1.29, 1.82) is 0 Å². The van der Waals surface area contributed by atoms with Gasteiger partial charge in [-0.2, -0.15) is 4.31 Å². The Balaban J connectivity index is 1.65. The first-order valence-electron chi connectivity index (χ1n) is 8.87. The maximum absolute atomic E-state index is 12.8. The fourth-order valence-corrected chi connectivity index (χ4v) is 5.41. The van der Waals surface area contributed by atoms with Gasteiger partial charge in [0.05, 0.1) is 11.3 Å². The van der Waals surface area contributed by atoms with Gasteiger partial charge in [0.15, 0.2) is 0 Å². The first-order chi connectivity index (χ1) is 12.5. The van der Waals surface area contributed by atoms with Gasteiger partial charge < -0.3 is 5.32 Å². The second-order valence-corrected chi connectivity index (χ2v) is 9.67. The molecule has 1 aromatic carbocycles. The summed E-state index contributed by atoms with van der Waals surface area (Å²) in [6.45, 7) is 0. The maximum Gasteiger partial charge on any atom is 0.243 e. The van der Waals surface area contributed by atoms with E-state index in [1.165, 1.54) is 22.1 Å². The van der Waals surface area contributed by atoms with E-state index in [1.807, 2.05) is 17.5 Å². The van der Waals surface area contributed by atoms with Crippen LogP contribution in [0.2, 0.25) is 0 Å². The molecule has 1 amide bonds. The van der Waals surface area contributed by atoms with Crippen LogP contribution in [-0.4, -0.2) is 31.7 Å². The number of carbonyl (C=O) groups is 1. The fraction of sp³-hybridized carbons (Fsp3) is 0.421. The van der Waals surface area contributed by atoms with Crippen LogP contribution in [0.3, 0.4) is 0 Å². The summed E-state index contributed by atoms with van der Waals surface area (Å²) in [6.07, 6.45) is 5.52. The molecule has 7 heteroatoms. The average molecular weight is 393 g/mol. The van der Waals surface area contributed by atoms with Crippen molar-refractivity contribution in [1.82, 2.24) is 4.31 Å². The zero-order valence-corrected chi connectivity index (χ0v) is 16.5. The van der Waals surface area contributed by atoms with Crippen molar-refractivity contribution in [3.63, 3.8) is 0 Å². The zero-order valence-electron chi connectivity index (χ0n) is 14.8. The van der Waals surface area contributed by atoms with E-state index in [0.717, 1.165) is 30.6 Å². The molecule has 140 valence electrons. The van der Waals surface area contributed by atoms with Crippen LogP contribution in [0.4, 0.5) is 5.69 Å². The van der Waals surface area contributed by atoms with Crippen molar-refractivity contribution in [3.05, 3.63) is 46.7 Å². The third kappa shape index (κ3) is 4.52. The number of nitrogens with zero attached hydrogens (tertiary/aromatic N) is 1. The molecule has 1 saturated carbocycles. The first kappa shape index (κ1) is 19.1. The average Bonchev–Trinajstić information content (AvgIpc) is 3.15. The number of carbonyl (C=O) groups excluding carboxylic acids is 1. The van der Waals surface area contributed by atoms with E-state index < -0.39 is 10.0 Å². The van der Waals surface area contributed by atoms with Gasteiger partial charge in [-0.1, -0.05) is 25.3 Å². The van der Waals surface area contributed by atoms with Crippen LogP contribution in [-0.2, 0) is 21.2 Å². The van der Waals surface area contributed by atoms with Gasteiger partial charge in [-0.3, -0.25) is 4.79 Å². The minimum absolute atomic E-state index is 0.0823. The standard InChI is InChI=1S/C19H24N2O3S2/c1-21(16-6-3-2-4-7-16)26(23,24)18-11-9-15(10-12-18)20-19(22)14-17-8-5-13-25-17/h5,8-13,16H,2-4,6-7,14H2,1H3,(H,20,22). The molecule has 1 N–H and O–H groups in total. The molecule has 0 unspecified atom stereocenters. The Morgan fingerprint density at radius 3 is 2.46 bits per heavy atom. The minimum Gasteiger partial charge on any atom is -0.326 e. The molecular formula is C19H24N2O3S2. The quantitative estimate of drug-likeness (QED) is 0.811. The lowest BCUT2D eigenvalue weighted by Crippen LogP contribution is -2.38. The third-order valence-electron chi connectivity index (χ3n) is 4.82. The molecule has 1 aromatic heterocycles. The number of hydrogen-bond acceptors (Lipinski definition) is 4. The molecule has 0 aliphatic heterocycles. The Kier molecular flexibility index (Phi) is 6.11. The van der Waals surface area contributed by atoms with Crippen molar-refractivity contribution in [2.45, 2.75) is 49.5 Å². The molecule has 1 aliphatic rings. The van der Waals surface area contributed by atoms with Crippen molar-refractivity contribution in [2.75, 3.05) is 12.4 Å². The number of hydrogen-bond donors (Lipinski definition) is 1. The van der Waals surface area contributed by atoms with Crippen LogP contribution < -0.4 is 5.32 Å². The summed E-state index contributed by atoms with van der Waals surface area (Å²) in [5.74, 6) is -0.109. The van der Waals surface area contributed by atoms with Gasteiger partial charge in [0.2, 0.25) is 15.9 Å². The molecule has 0 saturated heterocycles. The van der Waals surface area contributed by atoms with Crippen LogP contribution in [0, 0.1) is 0 Å². The van der Waals surface area contributed by atoms with E-state index in [9.17, 15) is 13.2 Å². The topological polar surface area (TPSA) is 66.5 Å². The summed E-state index contributed by atoms with van der Waals surface area (Å²) in [5, 5.41) is 4.75. The van der Waals surface area contributed by atoms with Gasteiger partial charge in [-0.05, 0) is 48.6 Å². The molecule has 1 aliphatic carbocycles. The van der Waals surface area contributed by atoms with Gasteiger partial charge in [0, 0.05) is 23.7 Å². The lowest BCUT2D eigenvalue weighted by Gasteiger charge is -2.30. The molecular weight excluding hydrogens is 368 g/mol. The van der Waals surface area contributed by atoms with Gasteiger partial charge in [0.25, 0.3) is 0 Å². The maximum atomic E-state index is 12.8. The fourth-order valence-electron chi connectivity index (χ4n) is 3.29. The second-order valence-electron chi connectivity index (χ2n) is 6.64. The highest BCUT2D eigenvalue weighted by Gasteiger charge is 2.28. The smallest absolute Gasteiger partial charge is 0.243 e. The van der Waals surface area contributed by atoms with Crippen LogP contribution in [0.25, 0.3) is 0 Å². The Bertz CT molecular complexity index is 824. The summed E-state index contributed by atoms with van der Waals surface area (Å²) in [7, 11) is -1.83. The lowest BCUT2D eigenvalue weighted by molar-refractivity contribution is -0.115. The molecule has 26 heavy (non-hydrogen) atoms. The van der Waals surface area contributed by atoms with Gasteiger partial charge in [-0.15, -0.1) is 11.3 Å². The molecule has 5 nitrogen and oxygen atoms in total. The molecule has 0 bridgehead atoms. The largest absolute Gasteiger partial charge is 0.326 e. The van der Waals surface area contributed by atoms with Gasteiger partial charge in [-0.25, -0.2) is 8.42 Å². The summed E-state index contributed by atoms with van der Waals surface area (Å²) in [4.78, 5) is 13.3. The molecule has 0 radical (unpaired) electrons. The minimum atomic E-state index is -3.50. The zero-order chi connectivity index (χ0) is 18.6. The highest BCUT2D eigenvalue weighted by molar-refractivity contribution is 7.89. The van der Waals surface area contributed by atoms with E-state index in [4.69, 9.17) is 0 Å². The molecule has 0 atom stereocenters. The Morgan fingerprint density at radius 1 is 1.15 bits per heavy atom. The van der Waals surface area contributed by atoms with E-state index in [0.29, 0.717) is 12.1 Å². The molecule has 1 heterocycles. The number of rotatable bonds is 6. The number of sulfonamides is 1. The lowest BCUT2D eigenvalue weighted by atomic mass is 9.96. The predicted molar refractivity (Wildman–Crippen MR) is 105 cm³/mol. The summed E-state index contributed by atoms with van der Waals surface area (Å²) in [5.41, 5.74) is 0.603. The highest BCUT2D eigenvalue weighted by atomic mass is 32.2. The highest BCUT2D eigenvalue weighted by Crippen LogP contribution is 2.27. The Hall–Kier alpha value is -1.70. The number of anilines is 1. The van der Waals surface area contributed by atoms with Crippen molar-refractivity contribution < 1.29 is 13.2 Å². The number of benzene rings is 1. The Labute approximate surface area is 159 Å². The molecule has 1 fully saturated rings. The van der Waals surface area contributed by atoms with Gasteiger partial charge in [0.1, 0.15) is 0 Å². The number of nitrogens with one attached hydrogen (secondary N) is 1. The monoisotopic (exact) mass is 392 g/mol. The van der Waals surface area contributed by atoms with Crippen molar-refractivity contribution >= 4 is 33.0 Å². The van der Waals surface area contributed by atoms with E-state index in [2.05, 4.69) is 5.32 Å². The third-order valence-corrected chi connectivity index (χ3v) is 7.62. The van der Waals surface area contributed by atoms with E-state index in [-0.39, 0.29) is 16.8 Å². The normalized spacial score (nSPS) is 15.9. The predicted octanol–water partition coefficient (Wildman–Crippen LogP) is 3.88.